The number of unbranched alkanes of at least 4 members (excludes halogenated alkanes) is 7. The molecule has 0 aromatic rings. The number of amides is 3. The van der Waals surface area contributed by atoms with E-state index in [0.29, 0.717) is 104 Å². The standard InChI is InChI=1S/C35H69N3O12Si2/c1-7-45-51(46-8-2,47-9-3)30-22-28-43-33(40)24-18-14-13-17-21-27-38(34(41)37-26-20-16-15-19-25-36-32-39)35(42)44-29-23-31-52(48-10-4,49-11-5)50-12-6/h7-31H2,1-6H3,(H,37,41). The van der Waals surface area contributed by atoms with E-state index in [2.05, 4.69) is 10.3 Å². The van der Waals surface area contributed by atoms with Gasteiger partial charge in [0, 0.05) is 71.2 Å². The number of ether oxygens (including phenoxy) is 2. The lowest BCUT2D eigenvalue weighted by Crippen LogP contribution is -2.46. The van der Waals surface area contributed by atoms with Crippen molar-refractivity contribution in [3.05, 3.63) is 0 Å². The number of isocyanates is 1. The summed E-state index contributed by atoms with van der Waals surface area (Å²) >= 11 is 0. The minimum absolute atomic E-state index is 0.0956. The second kappa shape index (κ2) is 33.4. The van der Waals surface area contributed by atoms with Gasteiger partial charge in [-0.15, -0.1) is 0 Å². The normalized spacial score (nSPS) is 11.6. The van der Waals surface area contributed by atoms with Crippen LogP contribution < -0.4 is 5.32 Å². The highest BCUT2D eigenvalue weighted by atomic mass is 28.4. The van der Waals surface area contributed by atoms with Crippen molar-refractivity contribution in [2.45, 2.75) is 131 Å². The Morgan fingerprint density at radius 2 is 1.06 bits per heavy atom. The summed E-state index contributed by atoms with van der Waals surface area (Å²) in [7, 11) is -5.62. The first-order chi connectivity index (χ1) is 25.2. The number of hydrogen-bond acceptors (Lipinski definition) is 13. The van der Waals surface area contributed by atoms with E-state index in [0.717, 1.165) is 49.8 Å². The summed E-state index contributed by atoms with van der Waals surface area (Å²) in [4.78, 5) is 53.2. The first-order valence-electron chi connectivity index (χ1n) is 19.5. The third-order valence-corrected chi connectivity index (χ3v) is 14.0. The van der Waals surface area contributed by atoms with E-state index in [9.17, 15) is 19.2 Å². The third kappa shape index (κ3) is 24.2. The number of carbonyl (C=O) groups excluding carboxylic acids is 4. The number of esters is 1. The Hall–Kier alpha value is -2.22. The number of nitrogens with one attached hydrogen (secondary N) is 1. The molecule has 0 saturated heterocycles. The molecule has 3 amide bonds. The molecule has 0 aliphatic heterocycles. The Labute approximate surface area is 314 Å². The highest BCUT2D eigenvalue weighted by Crippen LogP contribution is 2.20. The zero-order valence-electron chi connectivity index (χ0n) is 33.0. The Morgan fingerprint density at radius 3 is 1.58 bits per heavy atom. The van der Waals surface area contributed by atoms with Gasteiger partial charge in [0.05, 0.1) is 19.8 Å². The van der Waals surface area contributed by atoms with Crippen LogP contribution in [-0.2, 0) is 45.6 Å². The molecule has 0 aromatic heterocycles. The summed E-state index contributed by atoms with van der Waals surface area (Å²) in [5.74, 6) is -0.236. The van der Waals surface area contributed by atoms with E-state index in [-0.39, 0.29) is 19.1 Å². The maximum Gasteiger partial charge on any atom is 0.501 e. The predicted molar refractivity (Wildman–Crippen MR) is 202 cm³/mol. The number of imide groups is 1. The smallest absolute Gasteiger partial charge is 0.466 e. The lowest BCUT2D eigenvalue weighted by molar-refractivity contribution is -0.143. The molecule has 0 aliphatic rings. The maximum absolute atomic E-state index is 13.1. The molecule has 0 fully saturated rings. The van der Waals surface area contributed by atoms with Crippen molar-refractivity contribution in [1.29, 1.82) is 0 Å². The Bertz CT molecular complexity index is 941. The quantitative estimate of drug-likeness (QED) is 0.0235. The van der Waals surface area contributed by atoms with Gasteiger partial charge in [-0.2, -0.15) is 0 Å². The van der Waals surface area contributed by atoms with Gasteiger partial charge in [-0.05, 0) is 80.1 Å². The minimum atomic E-state index is -2.87. The SMILES string of the molecule is CCO[Si](CCCOC(=O)CCCCCCCN(C(=O)NCCCCCCN=C=O)C(=O)OCCC[Si](OCC)(OCC)OCC)(OCC)OCC. The molecule has 17 heteroatoms. The molecule has 15 nitrogen and oxygen atoms in total. The molecule has 0 bridgehead atoms. The summed E-state index contributed by atoms with van der Waals surface area (Å²) in [6, 6.07) is 0.588. The monoisotopic (exact) mass is 779 g/mol. The van der Waals surface area contributed by atoms with Crippen molar-refractivity contribution in [1.82, 2.24) is 10.2 Å². The molecule has 1 N–H and O–H groups in total. The van der Waals surface area contributed by atoms with Crippen LogP contribution in [0, 0.1) is 0 Å². The van der Waals surface area contributed by atoms with E-state index >= 15 is 0 Å². The van der Waals surface area contributed by atoms with Crippen LogP contribution in [0.4, 0.5) is 9.59 Å². The van der Waals surface area contributed by atoms with E-state index < -0.39 is 29.7 Å². The van der Waals surface area contributed by atoms with E-state index in [1.54, 1.807) is 0 Å². The van der Waals surface area contributed by atoms with Crippen molar-refractivity contribution in [3.63, 3.8) is 0 Å². The molecule has 0 heterocycles. The molecule has 0 rings (SSSR count). The molecule has 304 valence electrons. The summed E-state index contributed by atoms with van der Waals surface area (Å²) in [6.07, 6.45) is 9.23. The number of nitrogens with zero attached hydrogens (tertiary/aromatic N) is 2. The third-order valence-electron chi connectivity index (χ3n) is 7.69. The lowest BCUT2D eigenvalue weighted by atomic mass is 10.1. The van der Waals surface area contributed by atoms with Crippen molar-refractivity contribution < 1.29 is 55.2 Å². The van der Waals surface area contributed by atoms with Gasteiger partial charge in [0.25, 0.3) is 0 Å². The van der Waals surface area contributed by atoms with Crippen molar-refractivity contribution in [2.24, 2.45) is 4.99 Å². The zero-order valence-corrected chi connectivity index (χ0v) is 35.0. The summed E-state index contributed by atoms with van der Waals surface area (Å²) < 4.78 is 46.1. The Morgan fingerprint density at radius 1 is 0.596 bits per heavy atom. The number of aliphatic imine (C=N–C) groups is 1. The highest BCUT2D eigenvalue weighted by Gasteiger charge is 2.40. The Balaban J connectivity index is 4.77. The van der Waals surface area contributed by atoms with Crippen LogP contribution in [0.3, 0.4) is 0 Å². The van der Waals surface area contributed by atoms with Crippen LogP contribution in [-0.4, -0.2) is 119 Å². The van der Waals surface area contributed by atoms with Crippen molar-refractivity contribution >= 4 is 41.8 Å². The second-order valence-electron chi connectivity index (χ2n) is 11.8. The summed E-state index contributed by atoms with van der Waals surface area (Å²) in [6.45, 7) is 15.7. The lowest BCUT2D eigenvalue weighted by Gasteiger charge is -2.28. The van der Waals surface area contributed by atoms with Crippen LogP contribution in [0.1, 0.15) is 119 Å². The molecule has 0 aromatic carbocycles. The largest absolute Gasteiger partial charge is 0.501 e. The van der Waals surface area contributed by atoms with Crippen LogP contribution >= 0.6 is 0 Å². The average Bonchev–Trinajstić information content (AvgIpc) is 3.11. The molecular formula is C35H69N3O12Si2. The van der Waals surface area contributed by atoms with Gasteiger partial charge in [-0.1, -0.05) is 32.1 Å². The van der Waals surface area contributed by atoms with E-state index in [1.807, 2.05) is 41.5 Å². The average molecular weight is 780 g/mol. The van der Waals surface area contributed by atoms with Crippen molar-refractivity contribution in [2.75, 3.05) is 72.5 Å². The highest BCUT2D eigenvalue weighted by molar-refractivity contribution is 6.61. The van der Waals surface area contributed by atoms with Gasteiger partial charge in [-0.3, -0.25) is 4.79 Å². The molecule has 0 spiro atoms. The van der Waals surface area contributed by atoms with Gasteiger partial charge in [0.1, 0.15) is 0 Å². The first-order valence-corrected chi connectivity index (χ1v) is 23.3. The fourth-order valence-corrected chi connectivity index (χ4v) is 10.6. The minimum Gasteiger partial charge on any atom is -0.466 e. The van der Waals surface area contributed by atoms with Gasteiger partial charge in [0.15, 0.2) is 0 Å². The fraction of sp³-hybridized carbons (Fsp3) is 0.886. The number of carbonyl (C=O) groups is 3. The fourth-order valence-electron chi connectivity index (χ4n) is 5.43. The van der Waals surface area contributed by atoms with Crippen LogP contribution in [0.2, 0.25) is 12.1 Å². The predicted octanol–water partition coefficient (Wildman–Crippen LogP) is 6.79. The molecule has 52 heavy (non-hydrogen) atoms. The topological polar surface area (TPSA) is 170 Å². The molecule has 0 radical (unpaired) electrons. The molecule has 0 saturated carbocycles. The molecule has 0 aliphatic carbocycles. The number of rotatable bonds is 35. The molecule has 0 unspecified atom stereocenters. The van der Waals surface area contributed by atoms with Gasteiger partial charge in [-0.25, -0.2) is 24.3 Å². The van der Waals surface area contributed by atoms with Crippen molar-refractivity contribution in [3.8, 4) is 0 Å². The zero-order chi connectivity index (χ0) is 38.8. The summed E-state index contributed by atoms with van der Waals surface area (Å²) in [5, 5.41) is 2.83. The van der Waals surface area contributed by atoms with Gasteiger partial charge >= 0.3 is 35.7 Å². The number of urea groups is 1. The summed E-state index contributed by atoms with van der Waals surface area (Å²) in [5.41, 5.74) is 0. The van der Waals surface area contributed by atoms with Crippen LogP contribution in [0.5, 0.6) is 0 Å². The Kier molecular flexibility index (Phi) is 31.9. The first kappa shape index (κ1) is 49.8. The number of hydrogen-bond donors (Lipinski definition) is 1. The maximum atomic E-state index is 13.1. The second-order valence-corrected chi connectivity index (χ2v) is 17.3. The van der Waals surface area contributed by atoms with E-state index in [1.165, 1.54) is 6.08 Å². The van der Waals surface area contributed by atoms with Crippen LogP contribution in [0.15, 0.2) is 4.99 Å². The van der Waals surface area contributed by atoms with E-state index in [4.69, 9.17) is 36.0 Å². The molecule has 0 atom stereocenters. The van der Waals surface area contributed by atoms with Gasteiger partial charge < -0.3 is 41.3 Å². The van der Waals surface area contributed by atoms with Crippen LogP contribution in [0.25, 0.3) is 0 Å². The van der Waals surface area contributed by atoms with Gasteiger partial charge in [0.2, 0.25) is 6.08 Å². The molecular weight excluding hydrogens is 711 g/mol.